The number of rotatable bonds is 1. The van der Waals surface area contributed by atoms with Gasteiger partial charge in [0.25, 0.3) is 0 Å². The van der Waals surface area contributed by atoms with Gasteiger partial charge in [-0.25, -0.2) is 8.78 Å². The molecule has 1 heterocycles. The minimum atomic E-state index is -0.483. The summed E-state index contributed by atoms with van der Waals surface area (Å²) in [7, 11) is 0. The first-order valence-electron chi connectivity index (χ1n) is 7.12. The Bertz CT molecular complexity index is 593. The van der Waals surface area contributed by atoms with Crippen LogP contribution < -0.4 is 5.32 Å². The van der Waals surface area contributed by atoms with E-state index in [-0.39, 0.29) is 15.7 Å². The Labute approximate surface area is 135 Å². The van der Waals surface area contributed by atoms with Gasteiger partial charge in [0, 0.05) is 11.8 Å². The second kappa shape index (κ2) is 5.88. The van der Waals surface area contributed by atoms with Crippen molar-refractivity contribution in [3.8, 4) is 0 Å². The van der Waals surface area contributed by atoms with Crippen molar-refractivity contribution in [2.75, 3.05) is 11.1 Å². The molecule has 114 valence electrons. The number of amidine groups is 1. The van der Waals surface area contributed by atoms with Crippen LogP contribution in [-0.4, -0.2) is 16.5 Å². The van der Waals surface area contributed by atoms with Gasteiger partial charge in [-0.2, -0.15) is 0 Å². The number of halogens is 3. The van der Waals surface area contributed by atoms with Crippen molar-refractivity contribution < 1.29 is 8.78 Å². The minimum Gasteiger partial charge on any atom is -0.332 e. The number of benzene rings is 1. The third-order valence-electron chi connectivity index (χ3n) is 4.14. The summed E-state index contributed by atoms with van der Waals surface area (Å²) >= 11 is 4.58. The van der Waals surface area contributed by atoms with Gasteiger partial charge in [0.2, 0.25) is 0 Å². The third-order valence-corrected chi connectivity index (χ3v) is 5.89. The molecule has 6 heteroatoms. The van der Waals surface area contributed by atoms with Crippen molar-refractivity contribution in [3.63, 3.8) is 0 Å². The molecule has 21 heavy (non-hydrogen) atoms. The molecule has 1 spiro atoms. The topological polar surface area (TPSA) is 24.4 Å². The molecule has 0 aromatic heterocycles. The van der Waals surface area contributed by atoms with Crippen LogP contribution in [-0.2, 0) is 0 Å². The first-order valence-corrected chi connectivity index (χ1v) is 8.89. The highest BCUT2D eigenvalue weighted by Crippen LogP contribution is 2.42. The van der Waals surface area contributed by atoms with Gasteiger partial charge >= 0.3 is 0 Å². The summed E-state index contributed by atoms with van der Waals surface area (Å²) < 4.78 is 27.5. The van der Waals surface area contributed by atoms with E-state index in [9.17, 15) is 8.78 Å². The lowest BCUT2D eigenvalue weighted by atomic mass is 9.78. The van der Waals surface area contributed by atoms with Gasteiger partial charge in [-0.1, -0.05) is 31.5 Å². The van der Waals surface area contributed by atoms with Crippen molar-refractivity contribution in [1.82, 2.24) is 0 Å². The van der Waals surface area contributed by atoms with Crippen molar-refractivity contribution in [2.45, 2.75) is 38.1 Å². The number of aliphatic imine (C=N–C) groups is 1. The van der Waals surface area contributed by atoms with E-state index in [1.54, 1.807) is 11.8 Å². The number of hydrogen-bond acceptors (Lipinski definition) is 3. The van der Waals surface area contributed by atoms with Gasteiger partial charge in [-0.15, -0.1) is 0 Å². The zero-order chi connectivity index (χ0) is 15.0. The SMILES string of the molecule is CC1CCCC2(CSC(Nc3cc(F)c(Br)cc3F)=N2)C1. The molecule has 2 aliphatic rings. The maximum absolute atomic E-state index is 13.9. The molecular weight excluding hydrogens is 358 g/mol. The quantitative estimate of drug-likeness (QED) is 0.683. The number of nitrogens with zero attached hydrogens (tertiary/aromatic N) is 1. The van der Waals surface area contributed by atoms with E-state index >= 15 is 0 Å². The van der Waals surface area contributed by atoms with Crippen molar-refractivity contribution >= 4 is 38.5 Å². The summed E-state index contributed by atoms with van der Waals surface area (Å²) in [5.41, 5.74) is 0.137. The Morgan fingerprint density at radius 2 is 2.19 bits per heavy atom. The van der Waals surface area contributed by atoms with E-state index < -0.39 is 11.6 Å². The van der Waals surface area contributed by atoms with Crippen LogP contribution in [0.1, 0.15) is 32.6 Å². The summed E-state index contributed by atoms with van der Waals surface area (Å²) in [4.78, 5) is 4.79. The Morgan fingerprint density at radius 3 is 2.95 bits per heavy atom. The normalized spacial score (nSPS) is 28.8. The number of nitrogens with one attached hydrogen (secondary N) is 1. The highest BCUT2D eigenvalue weighted by molar-refractivity contribution is 9.10. The van der Waals surface area contributed by atoms with Crippen LogP contribution in [0.2, 0.25) is 0 Å². The van der Waals surface area contributed by atoms with Gasteiger partial charge in [-0.05, 0) is 40.8 Å². The van der Waals surface area contributed by atoms with E-state index in [1.165, 1.54) is 12.8 Å². The number of thioether (sulfide) groups is 1. The lowest BCUT2D eigenvalue weighted by molar-refractivity contribution is 0.266. The average molecular weight is 375 g/mol. The van der Waals surface area contributed by atoms with Crippen LogP contribution in [0.3, 0.4) is 0 Å². The van der Waals surface area contributed by atoms with Crippen LogP contribution >= 0.6 is 27.7 Å². The zero-order valence-electron chi connectivity index (χ0n) is 11.8. The molecule has 1 fully saturated rings. The molecule has 1 saturated carbocycles. The van der Waals surface area contributed by atoms with Crippen molar-refractivity contribution in [3.05, 3.63) is 28.2 Å². The predicted octanol–water partition coefficient (Wildman–Crippen LogP) is 5.19. The molecule has 0 amide bonds. The van der Waals surface area contributed by atoms with Crippen molar-refractivity contribution in [1.29, 1.82) is 0 Å². The second-order valence-corrected chi connectivity index (χ2v) is 7.82. The largest absolute Gasteiger partial charge is 0.332 e. The zero-order valence-corrected chi connectivity index (χ0v) is 14.2. The standard InChI is InChI=1S/C15H17BrF2N2S/c1-9-3-2-4-15(7-9)8-21-14(20-15)19-13-6-11(17)10(16)5-12(13)18/h5-6,9H,2-4,7-8H2,1H3,(H,19,20). The van der Waals surface area contributed by atoms with Gasteiger partial charge in [-0.3, -0.25) is 4.99 Å². The smallest absolute Gasteiger partial charge is 0.161 e. The highest BCUT2D eigenvalue weighted by Gasteiger charge is 2.39. The fraction of sp³-hybridized carbons (Fsp3) is 0.533. The van der Waals surface area contributed by atoms with E-state index in [4.69, 9.17) is 4.99 Å². The second-order valence-electron chi connectivity index (χ2n) is 6.00. The van der Waals surface area contributed by atoms with Gasteiger partial charge in [0.1, 0.15) is 11.6 Å². The minimum absolute atomic E-state index is 0.00491. The van der Waals surface area contributed by atoms with Gasteiger partial charge < -0.3 is 5.32 Å². The average Bonchev–Trinajstić information content (AvgIpc) is 2.78. The summed E-state index contributed by atoms with van der Waals surface area (Å²) in [6.45, 7) is 2.26. The predicted molar refractivity (Wildman–Crippen MR) is 87.9 cm³/mol. The Kier molecular flexibility index (Phi) is 4.28. The molecule has 1 N–H and O–H groups in total. The van der Waals surface area contributed by atoms with E-state index in [0.29, 0.717) is 11.1 Å². The summed E-state index contributed by atoms with van der Waals surface area (Å²) in [5.74, 6) is 0.651. The molecule has 2 unspecified atom stereocenters. The van der Waals surface area contributed by atoms with Crippen LogP contribution in [0.25, 0.3) is 0 Å². The van der Waals surface area contributed by atoms with Gasteiger partial charge in [0.15, 0.2) is 5.17 Å². The van der Waals surface area contributed by atoms with Crippen LogP contribution in [0, 0.1) is 17.6 Å². The molecule has 1 aliphatic carbocycles. The van der Waals surface area contributed by atoms with Crippen LogP contribution in [0.5, 0.6) is 0 Å². The summed E-state index contributed by atoms with van der Waals surface area (Å²) in [5, 5.41) is 3.64. The molecule has 0 radical (unpaired) electrons. The van der Waals surface area contributed by atoms with Crippen molar-refractivity contribution in [2.24, 2.45) is 10.9 Å². The number of hydrogen-bond donors (Lipinski definition) is 1. The molecule has 2 nitrogen and oxygen atoms in total. The lowest BCUT2D eigenvalue weighted by Gasteiger charge is -2.33. The monoisotopic (exact) mass is 374 g/mol. The van der Waals surface area contributed by atoms with Gasteiger partial charge in [0.05, 0.1) is 15.7 Å². The maximum Gasteiger partial charge on any atom is 0.161 e. The van der Waals surface area contributed by atoms with Crippen LogP contribution in [0.15, 0.2) is 21.6 Å². The van der Waals surface area contributed by atoms with E-state index in [1.807, 2.05) is 0 Å². The Morgan fingerprint density at radius 1 is 1.38 bits per heavy atom. The summed E-state index contributed by atoms with van der Waals surface area (Å²) in [6, 6.07) is 2.30. The molecule has 1 aliphatic heterocycles. The fourth-order valence-electron chi connectivity index (χ4n) is 3.15. The highest BCUT2D eigenvalue weighted by atomic mass is 79.9. The van der Waals surface area contributed by atoms with E-state index in [2.05, 4.69) is 28.2 Å². The lowest BCUT2D eigenvalue weighted by Crippen LogP contribution is -2.33. The van der Waals surface area contributed by atoms with E-state index in [0.717, 1.165) is 30.7 Å². The molecule has 1 aromatic rings. The molecular formula is C15H17BrF2N2S. The third kappa shape index (κ3) is 3.26. The Hall–Kier alpha value is -0.620. The summed E-state index contributed by atoms with van der Waals surface area (Å²) in [6.07, 6.45) is 4.63. The first kappa shape index (κ1) is 15.3. The molecule has 0 saturated heterocycles. The van der Waals surface area contributed by atoms with Crippen LogP contribution in [0.4, 0.5) is 14.5 Å². The maximum atomic E-state index is 13.9. The number of anilines is 1. The first-order chi connectivity index (χ1) is 9.97. The fourth-order valence-corrected chi connectivity index (χ4v) is 4.63. The molecule has 0 bridgehead atoms. The Balaban J connectivity index is 1.78. The molecule has 1 aromatic carbocycles. The molecule has 3 rings (SSSR count). The molecule has 2 atom stereocenters.